The van der Waals surface area contributed by atoms with Gasteiger partial charge in [0.1, 0.15) is 5.75 Å². The average molecular weight is 343 g/mol. The smallest absolute Gasteiger partial charge is 0.341 e. The minimum atomic E-state index is -1.04. The Hall–Kier alpha value is -2.60. The van der Waals surface area contributed by atoms with Gasteiger partial charge < -0.3 is 19.9 Å². The number of fused-ring (bicyclic) bond motifs is 1. The third kappa shape index (κ3) is 3.74. The molecule has 0 spiro atoms. The predicted molar refractivity (Wildman–Crippen MR) is 93.9 cm³/mol. The average Bonchev–Trinajstić information content (AvgIpc) is 2.57. The highest BCUT2D eigenvalue weighted by molar-refractivity contribution is 6.04. The van der Waals surface area contributed by atoms with Crippen molar-refractivity contribution in [3.05, 3.63) is 36.4 Å². The summed E-state index contributed by atoms with van der Waals surface area (Å²) in [6.45, 7) is -0.411. The van der Waals surface area contributed by atoms with Crippen molar-refractivity contribution >= 4 is 28.3 Å². The fourth-order valence-electron chi connectivity index (χ4n) is 3.16. The predicted octanol–water partition coefficient (Wildman–Crippen LogP) is 3.20. The highest BCUT2D eigenvalue weighted by Crippen LogP contribution is 2.38. The number of amides is 1. The monoisotopic (exact) mass is 343 g/mol. The molecule has 0 aliphatic heterocycles. The molecule has 1 aliphatic carbocycles. The maximum absolute atomic E-state index is 12.4. The van der Waals surface area contributed by atoms with Crippen LogP contribution < -0.4 is 10.1 Å². The summed E-state index contributed by atoms with van der Waals surface area (Å²) in [6, 6.07) is 10.8. The Morgan fingerprint density at radius 3 is 2.48 bits per heavy atom. The van der Waals surface area contributed by atoms with Crippen molar-refractivity contribution in [3.63, 3.8) is 0 Å². The summed E-state index contributed by atoms with van der Waals surface area (Å²) in [6.07, 6.45) is 3.22. The third-order valence-electron chi connectivity index (χ3n) is 4.69. The number of benzene rings is 2. The molecule has 0 saturated heterocycles. The molecule has 6 heteroatoms. The minimum absolute atomic E-state index is 0.0918. The van der Waals surface area contributed by atoms with E-state index >= 15 is 0 Å². The molecule has 0 atom stereocenters. The molecule has 0 heterocycles. The van der Waals surface area contributed by atoms with Crippen molar-refractivity contribution in [1.29, 1.82) is 0 Å². The number of hydrogen-bond acceptors (Lipinski definition) is 4. The molecular weight excluding hydrogens is 322 g/mol. The highest BCUT2D eigenvalue weighted by atomic mass is 16.5. The molecule has 1 saturated carbocycles. The van der Waals surface area contributed by atoms with Crippen LogP contribution in [0.4, 0.5) is 5.69 Å². The summed E-state index contributed by atoms with van der Waals surface area (Å²) < 4.78 is 10.8. The third-order valence-corrected chi connectivity index (χ3v) is 4.69. The Labute approximate surface area is 145 Å². The Morgan fingerprint density at radius 1 is 1.16 bits per heavy atom. The van der Waals surface area contributed by atoms with Crippen LogP contribution in [0.1, 0.15) is 25.7 Å². The number of nitrogens with one attached hydrogen (secondary N) is 1. The first-order chi connectivity index (χ1) is 12.0. The largest absolute Gasteiger partial charge is 0.481 e. The van der Waals surface area contributed by atoms with Gasteiger partial charge in [-0.2, -0.15) is 0 Å². The zero-order valence-corrected chi connectivity index (χ0v) is 14.1. The molecule has 0 unspecified atom stereocenters. The van der Waals surface area contributed by atoms with Gasteiger partial charge in [-0.15, -0.1) is 0 Å². The van der Waals surface area contributed by atoms with Gasteiger partial charge in [0.05, 0.1) is 12.0 Å². The summed E-state index contributed by atoms with van der Waals surface area (Å²) in [7, 11) is 1.65. The summed E-state index contributed by atoms with van der Waals surface area (Å²) in [5.74, 6) is -0.652. The maximum Gasteiger partial charge on any atom is 0.341 e. The number of carbonyl (C=O) groups is 2. The van der Waals surface area contributed by atoms with E-state index in [2.05, 4.69) is 5.32 Å². The van der Waals surface area contributed by atoms with Crippen LogP contribution >= 0.6 is 0 Å². The molecule has 1 fully saturated rings. The quantitative estimate of drug-likeness (QED) is 0.806. The normalized spacial score (nSPS) is 15.4. The fourth-order valence-corrected chi connectivity index (χ4v) is 3.16. The first-order valence-corrected chi connectivity index (χ1v) is 8.24. The lowest BCUT2D eigenvalue weighted by Crippen LogP contribution is -2.42. The summed E-state index contributed by atoms with van der Waals surface area (Å²) in [5, 5.41) is 13.3. The van der Waals surface area contributed by atoms with Gasteiger partial charge in [0, 0.05) is 23.6 Å². The number of carbonyl (C=O) groups excluding carboxylic acids is 1. The van der Waals surface area contributed by atoms with Gasteiger partial charge in [-0.25, -0.2) is 4.79 Å². The molecular formula is C19H21NO5. The van der Waals surface area contributed by atoms with Crippen molar-refractivity contribution in [2.45, 2.75) is 31.3 Å². The summed E-state index contributed by atoms with van der Waals surface area (Å²) in [5.41, 5.74) is 0.346. The number of carboxylic acids is 1. The first kappa shape index (κ1) is 17.2. The Balaban J connectivity index is 1.81. The van der Waals surface area contributed by atoms with Gasteiger partial charge in [-0.1, -0.05) is 24.3 Å². The fraction of sp³-hybridized carbons (Fsp3) is 0.368. The number of aliphatic carboxylic acids is 1. The van der Waals surface area contributed by atoms with Crippen LogP contribution in [0.15, 0.2) is 36.4 Å². The van der Waals surface area contributed by atoms with Crippen molar-refractivity contribution < 1.29 is 24.2 Å². The van der Waals surface area contributed by atoms with Crippen LogP contribution in [0.3, 0.4) is 0 Å². The number of rotatable bonds is 7. The van der Waals surface area contributed by atoms with Crippen molar-refractivity contribution in [2.24, 2.45) is 0 Å². The zero-order valence-electron chi connectivity index (χ0n) is 14.1. The molecule has 1 amide bonds. The molecule has 6 nitrogen and oxygen atoms in total. The lowest BCUT2D eigenvalue weighted by atomic mass is 9.77. The minimum Gasteiger partial charge on any atom is -0.481 e. The molecule has 1 aliphatic rings. The number of ether oxygens (including phenoxy) is 2. The Bertz CT molecular complexity index is 792. The summed E-state index contributed by atoms with van der Waals surface area (Å²) in [4.78, 5) is 23.1. The van der Waals surface area contributed by atoms with Gasteiger partial charge in [-0.05, 0) is 31.4 Å². The lowest BCUT2D eigenvalue weighted by molar-refractivity contribution is -0.139. The molecule has 0 radical (unpaired) electrons. The van der Waals surface area contributed by atoms with Gasteiger partial charge in [0.15, 0.2) is 6.61 Å². The van der Waals surface area contributed by atoms with E-state index in [4.69, 9.17) is 14.6 Å². The van der Waals surface area contributed by atoms with Gasteiger partial charge in [0.2, 0.25) is 5.91 Å². The molecule has 2 aromatic carbocycles. The molecule has 0 bridgehead atoms. The summed E-state index contributed by atoms with van der Waals surface area (Å²) >= 11 is 0. The van der Waals surface area contributed by atoms with Crippen molar-refractivity contribution in [2.75, 3.05) is 19.0 Å². The van der Waals surface area contributed by atoms with Crippen LogP contribution in [-0.4, -0.2) is 36.3 Å². The number of carboxylic acid groups (broad SMARTS) is 1. The van der Waals surface area contributed by atoms with E-state index in [1.165, 1.54) is 0 Å². The van der Waals surface area contributed by atoms with E-state index in [1.807, 2.05) is 24.3 Å². The zero-order chi connectivity index (χ0) is 17.9. The second kappa shape index (κ2) is 7.11. The van der Waals surface area contributed by atoms with Crippen molar-refractivity contribution in [1.82, 2.24) is 0 Å². The van der Waals surface area contributed by atoms with E-state index in [0.29, 0.717) is 17.9 Å². The molecule has 2 aromatic rings. The van der Waals surface area contributed by atoms with E-state index in [9.17, 15) is 9.59 Å². The Kier molecular flexibility index (Phi) is 4.90. The topological polar surface area (TPSA) is 84.9 Å². The maximum atomic E-state index is 12.4. The number of methoxy groups -OCH3 is 1. The standard InChI is InChI=1S/C19H21NO5/c1-24-19(9-4-10-19)11-17(21)20-15-7-8-16(25-12-18(22)23)14-6-3-2-5-13(14)15/h2-3,5-8H,4,9-12H2,1H3,(H,20,21)(H,22,23). The SMILES string of the molecule is COC1(CC(=O)Nc2ccc(OCC(=O)O)c3ccccc23)CCC1. The van der Waals surface area contributed by atoms with E-state index in [1.54, 1.807) is 19.2 Å². The molecule has 3 rings (SSSR count). The highest BCUT2D eigenvalue weighted by Gasteiger charge is 2.39. The molecule has 0 aromatic heterocycles. The van der Waals surface area contributed by atoms with Gasteiger partial charge in [0.25, 0.3) is 0 Å². The van der Waals surface area contributed by atoms with Crippen molar-refractivity contribution in [3.8, 4) is 5.75 Å². The van der Waals surface area contributed by atoms with Crippen LogP contribution in [0.2, 0.25) is 0 Å². The van der Waals surface area contributed by atoms with Gasteiger partial charge in [-0.3, -0.25) is 4.79 Å². The van der Waals surface area contributed by atoms with E-state index < -0.39 is 12.6 Å². The van der Waals surface area contributed by atoms with E-state index in [-0.39, 0.29) is 11.5 Å². The van der Waals surface area contributed by atoms with E-state index in [0.717, 1.165) is 30.0 Å². The molecule has 2 N–H and O–H groups in total. The number of hydrogen-bond donors (Lipinski definition) is 2. The van der Waals surface area contributed by atoms with Crippen LogP contribution in [0, 0.1) is 0 Å². The lowest BCUT2D eigenvalue weighted by Gasteiger charge is -2.39. The first-order valence-electron chi connectivity index (χ1n) is 8.24. The number of anilines is 1. The van der Waals surface area contributed by atoms with Crippen LogP contribution in [0.25, 0.3) is 10.8 Å². The second-order valence-electron chi connectivity index (χ2n) is 6.30. The second-order valence-corrected chi connectivity index (χ2v) is 6.30. The van der Waals surface area contributed by atoms with Crippen LogP contribution in [-0.2, 0) is 14.3 Å². The van der Waals surface area contributed by atoms with Crippen LogP contribution in [0.5, 0.6) is 5.75 Å². The van der Waals surface area contributed by atoms with Gasteiger partial charge >= 0.3 is 5.97 Å². The molecule has 25 heavy (non-hydrogen) atoms. The Morgan fingerprint density at radius 2 is 1.88 bits per heavy atom. The molecule has 132 valence electrons.